The Labute approximate surface area is 186 Å². The van der Waals surface area contributed by atoms with E-state index >= 15 is 0 Å². The molecular weight excluding hydrogens is 434 g/mol. The van der Waals surface area contributed by atoms with E-state index in [2.05, 4.69) is 0 Å². The normalized spacial score (nSPS) is 22.8. The maximum Gasteiger partial charge on any atom is 0.456 e. The van der Waals surface area contributed by atoms with E-state index in [4.69, 9.17) is 4.65 Å². The third kappa shape index (κ3) is 4.66. The highest BCUT2D eigenvalue weighted by Crippen LogP contribution is 2.40. The van der Waals surface area contributed by atoms with Gasteiger partial charge in [0.15, 0.2) is 21.4 Å². The summed E-state index contributed by atoms with van der Waals surface area (Å²) in [6, 6.07) is 13.6. The van der Waals surface area contributed by atoms with E-state index in [0.717, 1.165) is 11.1 Å². The van der Waals surface area contributed by atoms with Crippen molar-refractivity contribution < 1.29 is 32.7 Å². The van der Waals surface area contributed by atoms with Crippen molar-refractivity contribution in [2.75, 3.05) is 12.4 Å². The van der Waals surface area contributed by atoms with E-state index in [9.17, 15) is 28.0 Å². The van der Waals surface area contributed by atoms with Gasteiger partial charge >= 0.3 is 7.12 Å². The number of aliphatic hydroxyl groups excluding tert-OH is 1. The molecule has 0 aliphatic carbocycles. The van der Waals surface area contributed by atoms with Gasteiger partial charge in [0.25, 0.3) is 0 Å². The summed E-state index contributed by atoms with van der Waals surface area (Å²) in [5.41, 5.74) is 3.34. The lowest BCUT2D eigenvalue weighted by molar-refractivity contribution is 0.169. The smallest absolute Gasteiger partial charge is 0.456 e. The standard InChI is InChI=1S/C23H24BFO6S/c25-19-11-15(6-8-20(19)27)10-17(16-4-2-1-3-5-16)7-9-21-23-18(13-26)14-32(29,30)22(23)12-24(28)31-21/h1-6,8,10-11,21-22,26-28H,7,9,12-14H2/b17-10-/t21-,22+/m1/s1. The quantitative estimate of drug-likeness (QED) is 0.350. The van der Waals surface area contributed by atoms with E-state index in [-0.39, 0.29) is 18.7 Å². The molecule has 3 N–H and O–H groups in total. The molecule has 168 valence electrons. The van der Waals surface area contributed by atoms with Gasteiger partial charge in [0, 0.05) is 6.32 Å². The molecule has 0 radical (unpaired) electrons. The Hall–Kier alpha value is -2.46. The monoisotopic (exact) mass is 458 g/mol. The van der Waals surface area contributed by atoms with Gasteiger partial charge in [0.05, 0.1) is 23.7 Å². The fraction of sp³-hybridized carbons (Fsp3) is 0.304. The minimum Gasteiger partial charge on any atom is -0.505 e. The van der Waals surface area contributed by atoms with Gasteiger partial charge < -0.3 is 19.9 Å². The van der Waals surface area contributed by atoms with Crippen LogP contribution < -0.4 is 0 Å². The molecule has 0 spiro atoms. The van der Waals surface area contributed by atoms with Gasteiger partial charge in [-0.25, -0.2) is 12.8 Å². The van der Waals surface area contributed by atoms with Crippen molar-refractivity contribution in [2.24, 2.45) is 0 Å². The molecule has 2 aliphatic rings. The first-order valence-electron chi connectivity index (χ1n) is 10.4. The first kappa shape index (κ1) is 22.7. The Morgan fingerprint density at radius 3 is 2.66 bits per heavy atom. The van der Waals surface area contributed by atoms with Crippen LogP contribution in [0.25, 0.3) is 11.6 Å². The molecule has 2 aromatic carbocycles. The van der Waals surface area contributed by atoms with Crippen LogP contribution in [0.4, 0.5) is 4.39 Å². The second-order valence-corrected chi connectivity index (χ2v) is 10.3. The van der Waals surface area contributed by atoms with Gasteiger partial charge in [-0.15, -0.1) is 0 Å². The number of aromatic hydroxyl groups is 1. The molecule has 1 saturated heterocycles. The van der Waals surface area contributed by atoms with Crippen molar-refractivity contribution in [3.05, 3.63) is 76.6 Å². The molecule has 0 unspecified atom stereocenters. The lowest BCUT2D eigenvalue weighted by Crippen LogP contribution is -2.42. The highest BCUT2D eigenvalue weighted by atomic mass is 32.2. The van der Waals surface area contributed by atoms with Crippen LogP contribution in [0.15, 0.2) is 59.7 Å². The van der Waals surface area contributed by atoms with E-state index in [0.29, 0.717) is 29.6 Å². The molecule has 2 aliphatic heterocycles. The van der Waals surface area contributed by atoms with Crippen LogP contribution in [0, 0.1) is 5.82 Å². The van der Waals surface area contributed by atoms with Gasteiger partial charge in [-0.3, -0.25) is 0 Å². The minimum absolute atomic E-state index is 0.0359. The first-order chi connectivity index (χ1) is 15.3. The van der Waals surface area contributed by atoms with Crippen molar-refractivity contribution in [1.29, 1.82) is 0 Å². The number of halogens is 1. The summed E-state index contributed by atoms with van der Waals surface area (Å²) in [5.74, 6) is -1.36. The van der Waals surface area contributed by atoms with Gasteiger partial charge in [-0.05, 0) is 52.8 Å². The molecular formula is C23H24BFO6S. The summed E-state index contributed by atoms with van der Waals surface area (Å²) < 4.78 is 44.6. The molecule has 2 atom stereocenters. The Kier molecular flexibility index (Phi) is 6.53. The number of phenols is 1. The van der Waals surface area contributed by atoms with Crippen LogP contribution in [-0.4, -0.2) is 54.5 Å². The number of hydrogen-bond acceptors (Lipinski definition) is 6. The zero-order valence-electron chi connectivity index (χ0n) is 17.3. The molecule has 2 aromatic rings. The van der Waals surface area contributed by atoms with Crippen LogP contribution in [0.1, 0.15) is 24.0 Å². The SMILES string of the molecule is O=S1(=O)CC(CO)=C2[C@@H](CC/C(=C/c3ccc(O)c(F)c3)c3ccccc3)OB(O)C[C@@H]21. The number of rotatable bonds is 6. The van der Waals surface area contributed by atoms with Crippen molar-refractivity contribution in [2.45, 2.75) is 30.5 Å². The zero-order chi connectivity index (χ0) is 22.9. The van der Waals surface area contributed by atoms with Gasteiger partial charge in [-0.2, -0.15) is 0 Å². The molecule has 2 heterocycles. The van der Waals surface area contributed by atoms with Crippen LogP contribution in [0.5, 0.6) is 5.75 Å². The summed E-state index contributed by atoms with van der Waals surface area (Å²) in [6.07, 6.45) is 1.96. The van der Waals surface area contributed by atoms with Crippen molar-refractivity contribution >= 4 is 28.6 Å². The van der Waals surface area contributed by atoms with Crippen LogP contribution in [-0.2, 0) is 14.5 Å². The lowest BCUT2D eigenvalue weighted by Gasteiger charge is -2.32. The Balaban J connectivity index is 1.64. The van der Waals surface area contributed by atoms with Crippen molar-refractivity contribution in [3.63, 3.8) is 0 Å². The number of aliphatic hydroxyl groups is 1. The average molecular weight is 458 g/mol. The van der Waals surface area contributed by atoms with E-state index in [1.165, 1.54) is 12.1 Å². The van der Waals surface area contributed by atoms with Gasteiger partial charge in [0.2, 0.25) is 0 Å². The fourth-order valence-corrected chi connectivity index (χ4v) is 6.58. The van der Waals surface area contributed by atoms with Crippen LogP contribution in [0.2, 0.25) is 6.32 Å². The number of allylic oxidation sites excluding steroid dienone is 1. The molecule has 1 fully saturated rings. The average Bonchev–Trinajstić information content (AvgIpc) is 3.04. The van der Waals surface area contributed by atoms with Gasteiger partial charge in [0.1, 0.15) is 0 Å². The summed E-state index contributed by atoms with van der Waals surface area (Å²) >= 11 is 0. The molecule has 32 heavy (non-hydrogen) atoms. The first-order valence-corrected chi connectivity index (χ1v) is 12.1. The molecule has 0 bridgehead atoms. The minimum atomic E-state index is -3.48. The highest BCUT2D eigenvalue weighted by Gasteiger charge is 2.48. The largest absolute Gasteiger partial charge is 0.505 e. The number of fused-ring (bicyclic) bond motifs is 1. The number of sulfone groups is 1. The summed E-state index contributed by atoms with van der Waals surface area (Å²) in [6.45, 7) is -0.366. The van der Waals surface area contributed by atoms with Crippen molar-refractivity contribution in [3.8, 4) is 5.75 Å². The third-order valence-corrected chi connectivity index (χ3v) is 8.04. The van der Waals surface area contributed by atoms with Crippen molar-refractivity contribution in [1.82, 2.24) is 0 Å². The molecule has 6 nitrogen and oxygen atoms in total. The molecule has 0 amide bonds. The number of hydrogen-bond donors (Lipinski definition) is 3. The second kappa shape index (κ2) is 9.19. The third-order valence-electron chi connectivity index (χ3n) is 5.97. The number of phenolic OH excluding ortho intramolecular Hbond substituents is 1. The maximum absolute atomic E-state index is 13.8. The fourth-order valence-electron chi connectivity index (χ4n) is 4.47. The molecule has 0 saturated carbocycles. The summed E-state index contributed by atoms with van der Waals surface area (Å²) in [5, 5.41) is 28.5. The summed E-state index contributed by atoms with van der Waals surface area (Å²) in [4.78, 5) is 0. The summed E-state index contributed by atoms with van der Waals surface area (Å²) in [7, 11) is -4.67. The zero-order valence-corrected chi connectivity index (χ0v) is 18.1. The van der Waals surface area contributed by atoms with Crippen LogP contribution in [0.3, 0.4) is 0 Å². The molecule has 0 aromatic heterocycles. The predicted octanol–water partition coefficient (Wildman–Crippen LogP) is 2.82. The van der Waals surface area contributed by atoms with E-state index in [1.54, 1.807) is 12.1 Å². The second-order valence-electron chi connectivity index (χ2n) is 8.11. The predicted molar refractivity (Wildman–Crippen MR) is 121 cm³/mol. The van der Waals surface area contributed by atoms with E-state index < -0.39 is 39.9 Å². The number of benzene rings is 2. The Bertz CT molecular complexity index is 1160. The Morgan fingerprint density at radius 1 is 1.22 bits per heavy atom. The topological polar surface area (TPSA) is 104 Å². The maximum atomic E-state index is 13.8. The molecule has 4 rings (SSSR count). The van der Waals surface area contributed by atoms with Gasteiger partial charge in [-0.1, -0.05) is 42.5 Å². The lowest BCUT2D eigenvalue weighted by atomic mass is 9.74. The molecule has 9 heteroatoms. The van der Waals surface area contributed by atoms with E-state index in [1.807, 2.05) is 30.3 Å². The Morgan fingerprint density at radius 2 is 1.97 bits per heavy atom. The highest BCUT2D eigenvalue weighted by molar-refractivity contribution is 7.92. The van der Waals surface area contributed by atoms with Crippen LogP contribution >= 0.6 is 0 Å².